The van der Waals surface area contributed by atoms with Crippen LogP contribution in [0.2, 0.25) is 0 Å². The summed E-state index contributed by atoms with van der Waals surface area (Å²) in [6.07, 6.45) is 11.9. The van der Waals surface area contributed by atoms with E-state index in [0.717, 1.165) is 36.1 Å². The van der Waals surface area contributed by atoms with Crippen molar-refractivity contribution < 1.29 is 12.9 Å². The summed E-state index contributed by atoms with van der Waals surface area (Å²) in [7, 11) is -3.61. The van der Waals surface area contributed by atoms with Gasteiger partial charge in [-0.15, -0.1) is 0 Å². The van der Waals surface area contributed by atoms with Crippen molar-refractivity contribution in [3.05, 3.63) is 42.0 Å². The van der Waals surface area contributed by atoms with E-state index in [-0.39, 0.29) is 4.90 Å². The Bertz CT molecular complexity index is 632. The molecule has 26 heavy (non-hydrogen) atoms. The van der Waals surface area contributed by atoms with Crippen molar-refractivity contribution in [2.75, 3.05) is 26.2 Å². The van der Waals surface area contributed by atoms with Crippen molar-refractivity contribution in [3.63, 3.8) is 0 Å². The van der Waals surface area contributed by atoms with Crippen LogP contribution < -0.4 is 5.14 Å². The predicted octanol–water partition coefficient (Wildman–Crippen LogP) is 4.26. The van der Waals surface area contributed by atoms with Gasteiger partial charge in [0.1, 0.15) is 0 Å². The molecule has 0 unspecified atom stereocenters. The Morgan fingerprint density at radius 3 is 2.08 bits per heavy atom. The lowest BCUT2D eigenvalue weighted by molar-refractivity contribution is -0.919. The molecule has 0 spiro atoms. The molecule has 1 aromatic carbocycles. The number of unbranched alkanes of at least 4 members (excludes halogenated alkanes) is 4. The van der Waals surface area contributed by atoms with Gasteiger partial charge < -0.3 is 4.48 Å². The summed E-state index contributed by atoms with van der Waals surface area (Å²) in [6, 6.07) is 6.82. The van der Waals surface area contributed by atoms with E-state index >= 15 is 0 Å². The van der Waals surface area contributed by atoms with Gasteiger partial charge in [0.15, 0.2) is 0 Å². The van der Waals surface area contributed by atoms with Gasteiger partial charge in [-0.3, -0.25) is 0 Å². The first-order chi connectivity index (χ1) is 12.4. The van der Waals surface area contributed by atoms with Gasteiger partial charge in [-0.2, -0.15) is 0 Å². The summed E-state index contributed by atoms with van der Waals surface area (Å²) >= 11 is 0. The van der Waals surface area contributed by atoms with Crippen LogP contribution in [0.3, 0.4) is 0 Å². The number of nitrogens with two attached hydrogens (primary N) is 1. The Balaban J connectivity index is 2.52. The molecule has 148 valence electrons. The van der Waals surface area contributed by atoms with Gasteiger partial charge in [-0.05, 0) is 56.9 Å². The standard InChI is InChI=1S/C21H37N2O2S/c1-4-7-8-9-11-18-23(5-2,6-3)19-12-10-13-20-14-16-21(17-15-20)26(22,24)25/h10,12,14-17H,4-9,11,13,18-19H2,1-3H3,(H2,22,24,25)/q+1/b12-10+. The molecule has 0 saturated heterocycles. The van der Waals surface area contributed by atoms with Crippen molar-refractivity contribution in [1.82, 2.24) is 0 Å². The van der Waals surface area contributed by atoms with Crippen LogP contribution in [-0.2, 0) is 16.4 Å². The highest BCUT2D eigenvalue weighted by molar-refractivity contribution is 7.89. The molecular weight excluding hydrogens is 344 g/mol. The number of sulfonamides is 1. The fraction of sp³-hybridized carbons (Fsp3) is 0.619. The van der Waals surface area contributed by atoms with Crippen LogP contribution in [0.4, 0.5) is 0 Å². The average Bonchev–Trinajstić information content (AvgIpc) is 2.63. The summed E-state index contributed by atoms with van der Waals surface area (Å²) in [5.74, 6) is 0. The molecular formula is C21H37N2O2S+. The zero-order valence-corrected chi connectivity index (χ0v) is 17.6. The van der Waals surface area contributed by atoms with E-state index in [0.29, 0.717) is 0 Å². The van der Waals surface area contributed by atoms with Crippen LogP contribution in [0, 0.1) is 0 Å². The largest absolute Gasteiger partial charge is 0.321 e. The number of quaternary nitrogens is 1. The van der Waals surface area contributed by atoms with Crippen LogP contribution in [0.15, 0.2) is 41.3 Å². The van der Waals surface area contributed by atoms with Gasteiger partial charge in [0.2, 0.25) is 10.0 Å². The summed E-state index contributed by atoms with van der Waals surface area (Å²) < 4.78 is 23.7. The minimum absolute atomic E-state index is 0.168. The molecule has 0 radical (unpaired) electrons. The van der Waals surface area contributed by atoms with Crippen LogP contribution in [0.5, 0.6) is 0 Å². The minimum Gasteiger partial charge on any atom is -0.321 e. The fourth-order valence-electron chi connectivity index (χ4n) is 3.27. The van der Waals surface area contributed by atoms with Gasteiger partial charge in [0, 0.05) is 0 Å². The second-order valence-corrected chi connectivity index (χ2v) is 8.72. The van der Waals surface area contributed by atoms with E-state index in [9.17, 15) is 8.42 Å². The molecule has 1 rings (SSSR count). The molecule has 0 fully saturated rings. The van der Waals surface area contributed by atoms with Gasteiger partial charge in [0.25, 0.3) is 0 Å². The third-order valence-electron chi connectivity index (χ3n) is 5.34. The molecule has 5 heteroatoms. The first-order valence-corrected chi connectivity index (χ1v) is 11.5. The molecule has 0 saturated carbocycles. The summed E-state index contributed by atoms with van der Waals surface area (Å²) in [6.45, 7) is 11.5. The Hall–Kier alpha value is -1.17. The number of rotatable bonds is 13. The smallest absolute Gasteiger partial charge is 0.238 e. The lowest BCUT2D eigenvalue weighted by Crippen LogP contribution is -2.48. The van der Waals surface area contributed by atoms with Gasteiger partial charge >= 0.3 is 0 Å². The van der Waals surface area contributed by atoms with Gasteiger partial charge in [-0.25, -0.2) is 13.6 Å². The molecule has 0 aliphatic rings. The van der Waals surface area contributed by atoms with Crippen molar-refractivity contribution in [2.45, 2.75) is 64.2 Å². The van der Waals surface area contributed by atoms with Gasteiger partial charge in [0.05, 0.1) is 31.1 Å². The number of benzene rings is 1. The summed E-state index contributed by atoms with van der Waals surface area (Å²) in [4.78, 5) is 0.168. The van der Waals surface area contributed by atoms with Crippen LogP contribution in [0.25, 0.3) is 0 Å². The molecule has 0 bridgehead atoms. The number of nitrogens with zero attached hydrogens (tertiary/aromatic N) is 1. The van der Waals surface area contributed by atoms with Crippen LogP contribution in [0.1, 0.15) is 58.4 Å². The monoisotopic (exact) mass is 381 g/mol. The van der Waals surface area contributed by atoms with E-state index in [2.05, 4.69) is 32.9 Å². The third-order valence-corrected chi connectivity index (χ3v) is 6.27. The minimum atomic E-state index is -3.61. The average molecular weight is 382 g/mol. The Morgan fingerprint density at radius 2 is 1.54 bits per heavy atom. The number of likely N-dealkylation sites (N-methyl/N-ethyl adjacent to an activating group) is 1. The fourth-order valence-corrected chi connectivity index (χ4v) is 3.79. The molecule has 0 aliphatic carbocycles. The number of hydrogen-bond donors (Lipinski definition) is 1. The van der Waals surface area contributed by atoms with E-state index in [1.165, 1.54) is 38.6 Å². The molecule has 1 aromatic rings. The van der Waals surface area contributed by atoms with Crippen molar-refractivity contribution in [2.24, 2.45) is 5.14 Å². The highest BCUT2D eigenvalue weighted by Crippen LogP contribution is 2.13. The second-order valence-electron chi connectivity index (χ2n) is 7.16. The molecule has 0 atom stereocenters. The zero-order chi connectivity index (χ0) is 19.5. The van der Waals surface area contributed by atoms with E-state index in [1.807, 2.05) is 12.1 Å². The van der Waals surface area contributed by atoms with Crippen LogP contribution in [-0.4, -0.2) is 39.1 Å². The second kappa shape index (κ2) is 11.5. The lowest BCUT2D eigenvalue weighted by Gasteiger charge is -2.36. The van der Waals surface area contributed by atoms with Crippen LogP contribution >= 0.6 is 0 Å². The highest BCUT2D eigenvalue weighted by Gasteiger charge is 2.20. The first kappa shape index (κ1) is 22.9. The third kappa shape index (κ3) is 8.02. The Morgan fingerprint density at radius 1 is 0.923 bits per heavy atom. The van der Waals surface area contributed by atoms with E-state index in [4.69, 9.17) is 5.14 Å². The molecule has 0 aliphatic heterocycles. The van der Waals surface area contributed by atoms with E-state index in [1.54, 1.807) is 12.1 Å². The molecule has 4 nitrogen and oxygen atoms in total. The normalized spacial score (nSPS) is 12.8. The molecule has 0 aromatic heterocycles. The van der Waals surface area contributed by atoms with E-state index < -0.39 is 10.0 Å². The highest BCUT2D eigenvalue weighted by atomic mass is 32.2. The molecule has 0 amide bonds. The number of primary sulfonamides is 1. The van der Waals surface area contributed by atoms with Crippen molar-refractivity contribution in [3.8, 4) is 0 Å². The lowest BCUT2D eigenvalue weighted by atomic mass is 10.1. The van der Waals surface area contributed by atoms with Gasteiger partial charge in [-0.1, -0.05) is 44.4 Å². The quantitative estimate of drug-likeness (QED) is 0.315. The maximum atomic E-state index is 11.3. The Labute approximate surface area is 160 Å². The molecule has 2 N–H and O–H groups in total. The topological polar surface area (TPSA) is 60.2 Å². The molecule has 0 heterocycles. The van der Waals surface area contributed by atoms with Crippen molar-refractivity contribution >= 4 is 10.0 Å². The maximum Gasteiger partial charge on any atom is 0.238 e. The summed E-state index contributed by atoms with van der Waals surface area (Å²) in [5.41, 5.74) is 1.10. The van der Waals surface area contributed by atoms with Crippen molar-refractivity contribution in [1.29, 1.82) is 0 Å². The summed E-state index contributed by atoms with van der Waals surface area (Å²) in [5, 5.41) is 5.13. The number of hydrogen-bond acceptors (Lipinski definition) is 2. The predicted molar refractivity (Wildman–Crippen MR) is 110 cm³/mol. The zero-order valence-electron chi connectivity index (χ0n) is 16.8. The number of allylic oxidation sites excluding steroid dienone is 1. The SMILES string of the molecule is CCCCCCC[N+](CC)(CC)C/C=C/Cc1ccc(S(N)(=O)=O)cc1. The maximum absolute atomic E-state index is 11.3. The first-order valence-electron chi connectivity index (χ1n) is 9.98. The Kier molecular flexibility index (Phi) is 10.1.